The second kappa shape index (κ2) is 8.14. The number of hydrogen-bond acceptors (Lipinski definition) is 3. The van der Waals surface area contributed by atoms with Gasteiger partial charge in [-0.3, -0.25) is 9.59 Å². The van der Waals surface area contributed by atoms with Crippen molar-refractivity contribution < 1.29 is 9.59 Å². The van der Waals surface area contributed by atoms with Crippen LogP contribution in [0.15, 0.2) is 73.4 Å². The number of hydrogen-bond donors (Lipinski definition) is 2. The number of aromatic nitrogens is 2. The van der Waals surface area contributed by atoms with Gasteiger partial charge in [-0.2, -0.15) is 5.10 Å². The Bertz CT molecular complexity index is 960. The first kappa shape index (κ1) is 18.1. The largest absolute Gasteiger partial charge is 0.348 e. The van der Waals surface area contributed by atoms with Crippen molar-refractivity contribution in [1.82, 2.24) is 15.1 Å². The molecule has 2 aromatic carbocycles. The highest BCUT2D eigenvalue weighted by Gasteiger charge is 2.20. The summed E-state index contributed by atoms with van der Waals surface area (Å²) in [4.78, 5) is 25.2. The summed E-state index contributed by atoms with van der Waals surface area (Å²) in [5.74, 6) is -0.338. The molecule has 27 heavy (non-hydrogen) atoms. The van der Waals surface area contributed by atoms with Crippen molar-refractivity contribution in [3.05, 3.63) is 90.1 Å². The standard InChI is InChI=1S/C21H20N4O2/c1-3-13-22-21(27)18-14-23-25(17-7-5-4-6-8-17)19(18)24-20(26)16-11-9-15(2)10-12-16/h3-12,14H,1,13H2,2H3,(H,22,27)(H,24,26). The van der Waals surface area contributed by atoms with Gasteiger partial charge in [-0.25, -0.2) is 4.68 Å². The minimum absolute atomic E-state index is 0.279. The Morgan fingerprint density at radius 3 is 2.44 bits per heavy atom. The Labute approximate surface area is 157 Å². The van der Waals surface area contributed by atoms with Crippen LogP contribution < -0.4 is 10.6 Å². The molecule has 0 radical (unpaired) electrons. The molecule has 0 saturated heterocycles. The SMILES string of the molecule is C=CCNC(=O)c1cnn(-c2ccccc2)c1NC(=O)c1ccc(C)cc1. The van der Waals surface area contributed by atoms with Gasteiger partial charge in [0.25, 0.3) is 11.8 Å². The topological polar surface area (TPSA) is 76.0 Å². The molecular formula is C21H20N4O2. The Hall–Kier alpha value is -3.67. The van der Waals surface area contributed by atoms with Gasteiger partial charge in [-0.15, -0.1) is 6.58 Å². The summed E-state index contributed by atoms with van der Waals surface area (Å²) >= 11 is 0. The molecular weight excluding hydrogens is 340 g/mol. The van der Waals surface area contributed by atoms with E-state index >= 15 is 0 Å². The number of benzene rings is 2. The summed E-state index contributed by atoms with van der Waals surface area (Å²) in [6, 6.07) is 16.5. The van der Waals surface area contributed by atoms with Crippen LogP contribution in [0.4, 0.5) is 5.82 Å². The highest BCUT2D eigenvalue weighted by molar-refractivity contribution is 6.08. The molecule has 0 bridgehead atoms. The molecule has 0 atom stereocenters. The Kier molecular flexibility index (Phi) is 5.47. The van der Waals surface area contributed by atoms with E-state index in [0.717, 1.165) is 11.3 Å². The van der Waals surface area contributed by atoms with Crippen molar-refractivity contribution in [2.45, 2.75) is 6.92 Å². The lowest BCUT2D eigenvalue weighted by molar-refractivity contribution is 0.0959. The van der Waals surface area contributed by atoms with Gasteiger partial charge in [0.05, 0.1) is 11.9 Å². The molecule has 2 N–H and O–H groups in total. The van der Waals surface area contributed by atoms with Gasteiger partial charge in [-0.05, 0) is 31.2 Å². The molecule has 6 nitrogen and oxygen atoms in total. The van der Waals surface area contributed by atoms with E-state index in [0.29, 0.717) is 17.9 Å². The smallest absolute Gasteiger partial charge is 0.256 e. The van der Waals surface area contributed by atoms with Crippen LogP contribution in [0.1, 0.15) is 26.3 Å². The van der Waals surface area contributed by atoms with E-state index in [-0.39, 0.29) is 17.4 Å². The lowest BCUT2D eigenvalue weighted by Gasteiger charge is -2.11. The monoisotopic (exact) mass is 360 g/mol. The number of amides is 2. The first-order chi connectivity index (χ1) is 13.1. The van der Waals surface area contributed by atoms with Crippen LogP contribution in [0.5, 0.6) is 0 Å². The van der Waals surface area contributed by atoms with Crippen LogP contribution in [0.2, 0.25) is 0 Å². The second-order valence-electron chi connectivity index (χ2n) is 5.97. The van der Waals surface area contributed by atoms with Crippen molar-refractivity contribution in [1.29, 1.82) is 0 Å². The Morgan fingerprint density at radius 1 is 1.07 bits per heavy atom. The van der Waals surface area contributed by atoms with Crippen LogP contribution in [0, 0.1) is 6.92 Å². The van der Waals surface area contributed by atoms with E-state index in [2.05, 4.69) is 22.3 Å². The van der Waals surface area contributed by atoms with E-state index < -0.39 is 0 Å². The lowest BCUT2D eigenvalue weighted by atomic mass is 10.1. The highest BCUT2D eigenvalue weighted by Crippen LogP contribution is 2.21. The molecule has 0 saturated carbocycles. The normalized spacial score (nSPS) is 10.3. The first-order valence-electron chi connectivity index (χ1n) is 8.50. The molecule has 0 aliphatic carbocycles. The fraction of sp³-hybridized carbons (Fsp3) is 0.0952. The van der Waals surface area contributed by atoms with Gasteiger partial charge in [-0.1, -0.05) is 42.0 Å². The molecule has 0 aliphatic heterocycles. The van der Waals surface area contributed by atoms with Crippen molar-refractivity contribution in [2.24, 2.45) is 0 Å². The summed E-state index contributed by atoms with van der Waals surface area (Å²) in [7, 11) is 0. The zero-order chi connectivity index (χ0) is 19.2. The number of nitrogens with one attached hydrogen (secondary N) is 2. The third-order valence-corrected chi connectivity index (χ3v) is 3.97. The number of nitrogens with zero attached hydrogens (tertiary/aromatic N) is 2. The number of para-hydroxylation sites is 1. The van der Waals surface area contributed by atoms with Gasteiger partial charge in [0.1, 0.15) is 11.4 Å². The van der Waals surface area contributed by atoms with Crippen molar-refractivity contribution in [3.8, 4) is 5.69 Å². The van der Waals surface area contributed by atoms with Crippen LogP contribution in [0.25, 0.3) is 5.69 Å². The third-order valence-electron chi connectivity index (χ3n) is 3.97. The summed E-state index contributed by atoms with van der Waals surface area (Å²) in [6.45, 7) is 5.86. The zero-order valence-electron chi connectivity index (χ0n) is 15.0. The van der Waals surface area contributed by atoms with Crippen molar-refractivity contribution in [3.63, 3.8) is 0 Å². The van der Waals surface area contributed by atoms with Gasteiger partial charge < -0.3 is 10.6 Å². The fourth-order valence-corrected chi connectivity index (χ4v) is 2.54. The third kappa shape index (κ3) is 4.12. The number of carbonyl (C=O) groups excluding carboxylic acids is 2. The summed E-state index contributed by atoms with van der Waals surface area (Å²) in [5.41, 5.74) is 2.57. The molecule has 0 fully saturated rings. The van der Waals surface area contributed by atoms with Crippen LogP contribution in [0.3, 0.4) is 0 Å². The van der Waals surface area contributed by atoms with Gasteiger partial charge in [0.15, 0.2) is 0 Å². The van der Waals surface area contributed by atoms with Crippen molar-refractivity contribution >= 4 is 17.6 Å². The molecule has 0 spiro atoms. The van der Waals surface area contributed by atoms with E-state index in [1.807, 2.05) is 49.4 Å². The maximum absolute atomic E-state index is 12.7. The zero-order valence-corrected chi connectivity index (χ0v) is 15.0. The molecule has 3 rings (SSSR count). The van der Waals surface area contributed by atoms with E-state index in [1.54, 1.807) is 18.2 Å². The van der Waals surface area contributed by atoms with Gasteiger partial charge in [0, 0.05) is 12.1 Å². The molecule has 136 valence electrons. The lowest BCUT2D eigenvalue weighted by Crippen LogP contribution is -2.25. The average Bonchev–Trinajstić information content (AvgIpc) is 3.10. The Morgan fingerprint density at radius 2 is 1.78 bits per heavy atom. The Balaban J connectivity index is 1.98. The first-order valence-corrected chi connectivity index (χ1v) is 8.50. The van der Waals surface area contributed by atoms with Gasteiger partial charge >= 0.3 is 0 Å². The van der Waals surface area contributed by atoms with Crippen LogP contribution in [-0.4, -0.2) is 28.1 Å². The summed E-state index contributed by atoms with van der Waals surface area (Å²) in [5, 5.41) is 9.83. The summed E-state index contributed by atoms with van der Waals surface area (Å²) in [6.07, 6.45) is 3.03. The molecule has 0 unspecified atom stereocenters. The average molecular weight is 360 g/mol. The molecule has 0 aliphatic rings. The molecule has 1 heterocycles. The van der Waals surface area contributed by atoms with E-state index in [9.17, 15) is 9.59 Å². The predicted molar refractivity (Wildman–Crippen MR) is 105 cm³/mol. The number of rotatable bonds is 6. The second-order valence-corrected chi connectivity index (χ2v) is 5.97. The van der Waals surface area contributed by atoms with Crippen LogP contribution >= 0.6 is 0 Å². The van der Waals surface area contributed by atoms with E-state index in [4.69, 9.17) is 0 Å². The molecule has 6 heteroatoms. The van der Waals surface area contributed by atoms with Gasteiger partial charge in [0.2, 0.25) is 0 Å². The highest BCUT2D eigenvalue weighted by atomic mass is 16.2. The maximum atomic E-state index is 12.7. The maximum Gasteiger partial charge on any atom is 0.256 e. The number of aryl methyl sites for hydroxylation is 1. The van der Waals surface area contributed by atoms with E-state index in [1.165, 1.54) is 10.9 Å². The van der Waals surface area contributed by atoms with Crippen molar-refractivity contribution in [2.75, 3.05) is 11.9 Å². The minimum atomic E-state index is -0.337. The predicted octanol–water partition coefficient (Wildman–Crippen LogP) is 3.35. The van der Waals surface area contributed by atoms with Crippen LogP contribution in [-0.2, 0) is 0 Å². The minimum Gasteiger partial charge on any atom is -0.348 e. The number of carbonyl (C=O) groups is 2. The molecule has 2 amide bonds. The fourth-order valence-electron chi connectivity index (χ4n) is 2.54. The quantitative estimate of drug-likeness (QED) is 0.662. The number of anilines is 1. The molecule has 3 aromatic rings. The molecule has 1 aromatic heterocycles. The summed E-state index contributed by atoms with van der Waals surface area (Å²) < 4.78 is 1.54.